The zero-order valence-electron chi connectivity index (χ0n) is 9.86. The van der Waals surface area contributed by atoms with Crippen LogP contribution < -0.4 is 0 Å². The van der Waals surface area contributed by atoms with Crippen molar-refractivity contribution in [3.05, 3.63) is 40.9 Å². The van der Waals surface area contributed by atoms with Crippen LogP contribution in [0.15, 0.2) is 30.3 Å². The summed E-state index contributed by atoms with van der Waals surface area (Å²) in [4.78, 5) is 6.10. The van der Waals surface area contributed by atoms with Crippen LogP contribution in [0.2, 0.25) is 0 Å². The maximum absolute atomic E-state index is 4.65. The molecule has 0 atom stereocenters. The summed E-state index contributed by atoms with van der Waals surface area (Å²) in [6, 6.07) is 10.4. The van der Waals surface area contributed by atoms with E-state index in [2.05, 4.69) is 43.1 Å². The van der Waals surface area contributed by atoms with Gasteiger partial charge in [-0.2, -0.15) is 0 Å². The molecule has 0 fully saturated rings. The van der Waals surface area contributed by atoms with Crippen molar-refractivity contribution in [2.75, 3.05) is 0 Å². The first-order valence-corrected chi connectivity index (χ1v) is 6.64. The molecule has 1 heterocycles. The fourth-order valence-electron chi connectivity index (χ4n) is 1.70. The van der Waals surface area contributed by atoms with Gasteiger partial charge in [0.25, 0.3) is 0 Å². The van der Waals surface area contributed by atoms with Crippen LogP contribution in [-0.4, -0.2) is 4.98 Å². The molecule has 2 aromatic rings. The topological polar surface area (TPSA) is 12.9 Å². The fourth-order valence-corrected chi connectivity index (χ4v) is 2.81. The van der Waals surface area contributed by atoms with E-state index in [4.69, 9.17) is 0 Å². The van der Waals surface area contributed by atoms with Gasteiger partial charge >= 0.3 is 0 Å². The summed E-state index contributed by atoms with van der Waals surface area (Å²) in [5.74, 6) is 0. The highest BCUT2D eigenvalue weighted by atomic mass is 32.1. The number of aryl methyl sites for hydroxylation is 2. The van der Waals surface area contributed by atoms with Crippen LogP contribution >= 0.6 is 11.3 Å². The fraction of sp³-hybridized carbons (Fsp3) is 0.357. The maximum Gasteiger partial charge on any atom is 0.123 e. The zero-order valence-corrected chi connectivity index (χ0v) is 10.7. The lowest BCUT2D eigenvalue weighted by atomic mass is 10.2. The van der Waals surface area contributed by atoms with Gasteiger partial charge in [-0.3, -0.25) is 0 Å². The standard InChI is InChI=1S/C14H17NS/c1-3-4-10-13-11(2)15-14(16-13)12-8-6-5-7-9-12/h5-9H,3-4,10H2,1-2H3. The quantitative estimate of drug-likeness (QED) is 0.757. The van der Waals surface area contributed by atoms with E-state index < -0.39 is 0 Å². The molecule has 0 aliphatic carbocycles. The molecule has 0 radical (unpaired) electrons. The Balaban J connectivity index is 2.24. The number of thiazole rings is 1. The molecule has 0 aliphatic rings. The van der Waals surface area contributed by atoms with Gasteiger partial charge in [0.1, 0.15) is 5.01 Å². The summed E-state index contributed by atoms with van der Waals surface area (Å²) in [6.07, 6.45) is 3.68. The molecule has 1 nitrogen and oxygen atoms in total. The third-order valence-corrected chi connectivity index (χ3v) is 3.94. The van der Waals surface area contributed by atoms with E-state index in [1.54, 1.807) is 0 Å². The molecule has 0 N–H and O–H groups in total. The minimum atomic E-state index is 1.16. The Morgan fingerprint density at radius 3 is 2.62 bits per heavy atom. The highest BCUT2D eigenvalue weighted by Gasteiger charge is 2.08. The van der Waals surface area contributed by atoms with Crippen LogP contribution in [0, 0.1) is 6.92 Å². The summed E-state index contributed by atoms with van der Waals surface area (Å²) in [5, 5.41) is 1.16. The highest BCUT2D eigenvalue weighted by Crippen LogP contribution is 2.28. The lowest BCUT2D eigenvalue weighted by Crippen LogP contribution is -1.83. The van der Waals surface area contributed by atoms with Gasteiger partial charge in [-0.15, -0.1) is 11.3 Å². The molecular formula is C14H17NS. The Kier molecular flexibility index (Phi) is 3.73. The van der Waals surface area contributed by atoms with Crippen LogP contribution in [0.5, 0.6) is 0 Å². The maximum atomic E-state index is 4.65. The van der Waals surface area contributed by atoms with Crippen molar-refractivity contribution < 1.29 is 0 Å². The van der Waals surface area contributed by atoms with Crippen LogP contribution in [-0.2, 0) is 6.42 Å². The Morgan fingerprint density at radius 2 is 1.94 bits per heavy atom. The van der Waals surface area contributed by atoms with E-state index in [1.165, 1.54) is 35.4 Å². The number of nitrogens with zero attached hydrogens (tertiary/aromatic N) is 1. The molecular weight excluding hydrogens is 214 g/mol. The highest BCUT2D eigenvalue weighted by molar-refractivity contribution is 7.15. The van der Waals surface area contributed by atoms with Crippen molar-refractivity contribution >= 4 is 11.3 Å². The number of hydrogen-bond donors (Lipinski definition) is 0. The second-order valence-electron chi connectivity index (χ2n) is 4.00. The average molecular weight is 231 g/mol. The molecule has 84 valence electrons. The van der Waals surface area contributed by atoms with Gasteiger partial charge in [-0.1, -0.05) is 43.7 Å². The summed E-state index contributed by atoms with van der Waals surface area (Å²) >= 11 is 1.84. The third kappa shape index (κ3) is 2.50. The van der Waals surface area contributed by atoms with Crippen molar-refractivity contribution in [3.63, 3.8) is 0 Å². The number of unbranched alkanes of at least 4 members (excludes halogenated alkanes) is 1. The monoisotopic (exact) mass is 231 g/mol. The van der Waals surface area contributed by atoms with E-state index in [0.717, 1.165) is 5.01 Å². The summed E-state index contributed by atoms with van der Waals surface area (Å²) in [6.45, 7) is 4.35. The molecule has 0 amide bonds. The molecule has 0 unspecified atom stereocenters. The largest absolute Gasteiger partial charge is 0.241 e. The summed E-state index contributed by atoms with van der Waals surface area (Å²) in [5.41, 5.74) is 2.44. The van der Waals surface area contributed by atoms with Gasteiger partial charge in [0.05, 0.1) is 5.69 Å². The smallest absolute Gasteiger partial charge is 0.123 e. The first kappa shape index (κ1) is 11.3. The SMILES string of the molecule is CCCCc1sc(-c2ccccc2)nc1C. The minimum Gasteiger partial charge on any atom is -0.241 e. The van der Waals surface area contributed by atoms with Gasteiger partial charge in [0.15, 0.2) is 0 Å². The molecule has 0 bridgehead atoms. The van der Waals surface area contributed by atoms with E-state index in [1.807, 2.05) is 17.4 Å². The molecule has 1 aromatic carbocycles. The number of rotatable bonds is 4. The Hall–Kier alpha value is -1.15. The van der Waals surface area contributed by atoms with Crippen molar-refractivity contribution in [1.82, 2.24) is 4.98 Å². The second kappa shape index (κ2) is 5.26. The molecule has 2 heteroatoms. The van der Waals surface area contributed by atoms with Crippen molar-refractivity contribution in [2.45, 2.75) is 33.1 Å². The first-order valence-electron chi connectivity index (χ1n) is 5.83. The van der Waals surface area contributed by atoms with Crippen LogP contribution in [0.4, 0.5) is 0 Å². The molecule has 0 aliphatic heterocycles. The third-order valence-electron chi connectivity index (χ3n) is 2.67. The van der Waals surface area contributed by atoms with E-state index in [9.17, 15) is 0 Å². The predicted octanol–water partition coefficient (Wildman–Crippen LogP) is 4.46. The van der Waals surface area contributed by atoms with E-state index in [0.29, 0.717) is 0 Å². The Bertz CT molecular complexity index is 445. The van der Waals surface area contributed by atoms with E-state index >= 15 is 0 Å². The van der Waals surface area contributed by atoms with Gasteiger partial charge in [0.2, 0.25) is 0 Å². The molecule has 0 saturated heterocycles. The summed E-state index contributed by atoms with van der Waals surface area (Å²) < 4.78 is 0. The Morgan fingerprint density at radius 1 is 1.19 bits per heavy atom. The van der Waals surface area contributed by atoms with Crippen LogP contribution in [0.1, 0.15) is 30.3 Å². The van der Waals surface area contributed by atoms with Crippen molar-refractivity contribution in [2.24, 2.45) is 0 Å². The molecule has 2 rings (SSSR count). The lowest BCUT2D eigenvalue weighted by Gasteiger charge is -1.94. The molecule has 1 aromatic heterocycles. The minimum absolute atomic E-state index is 1.16. The molecule has 16 heavy (non-hydrogen) atoms. The normalized spacial score (nSPS) is 10.6. The average Bonchev–Trinajstić information content (AvgIpc) is 2.69. The number of aromatic nitrogens is 1. The zero-order chi connectivity index (χ0) is 11.4. The van der Waals surface area contributed by atoms with Crippen LogP contribution in [0.25, 0.3) is 10.6 Å². The van der Waals surface area contributed by atoms with Gasteiger partial charge in [-0.05, 0) is 19.8 Å². The number of hydrogen-bond acceptors (Lipinski definition) is 2. The Labute approximate surface area is 101 Å². The lowest BCUT2D eigenvalue weighted by molar-refractivity contribution is 0.798. The first-order chi connectivity index (χ1) is 7.81. The van der Waals surface area contributed by atoms with Crippen LogP contribution in [0.3, 0.4) is 0 Å². The summed E-state index contributed by atoms with van der Waals surface area (Å²) in [7, 11) is 0. The van der Waals surface area contributed by atoms with Crippen molar-refractivity contribution in [3.8, 4) is 10.6 Å². The molecule has 0 saturated carbocycles. The van der Waals surface area contributed by atoms with E-state index in [-0.39, 0.29) is 0 Å². The van der Waals surface area contributed by atoms with Gasteiger partial charge in [-0.25, -0.2) is 4.98 Å². The second-order valence-corrected chi connectivity index (χ2v) is 5.08. The van der Waals surface area contributed by atoms with Gasteiger partial charge < -0.3 is 0 Å². The predicted molar refractivity (Wildman–Crippen MR) is 70.9 cm³/mol. The van der Waals surface area contributed by atoms with Gasteiger partial charge in [0, 0.05) is 10.4 Å². The molecule has 0 spiro atoms. The van der Waals surface area contributed by atoms with Crippen molar-refractivity contribution in [1.29, 1.82) is 0 Å². The number of benzene rings is 1.